The van der Waals surface area contributed by atoms with Crippen molar-refractivity contribution in [2.75, 3.05) is 50.5 Å². The number of carbonyl (C=O) groups is 1. The summed E-state index contributed by atoms with van der Waals surface area (Å²) in [6.07, 6.45) is 3.34. The molecule has 4 aromatic rings. The molecule has 2 saturated heterocycles. The zero-order valence-electron chi connectivity index (χ0n) is 24.0. The highest BCUT2D eigenvalue weighted by molar-refractivity contribution is 6.34. The molecule has 2 aliphatic heterocycles. The second-order valence-corrected chi connectivity index (χ2v) is 11.5. The van der Waals surface area contributed by atoms with Crippen molar-refractivity contribution in [2.24, 2.45) is 0 Å². The van der Waals surface area contributed by atoms with E-state index in [9.17, 15) is 9.18 Å². The molecule has 9 nitrogen and oxygen atoms in total. The van der Waals surface area contributed by atoms with E-state index in [2.05, 4.69) is 21.4 Å². The predicted octanol–water partition coefficient (Wildman–Crippen LogP) is 5.05. The number of hydrogen-bond donors (Lipinski definition) is 1. The molecule has 2 aromatic carbocycles. The molecule has 12 heteroatoms. The third kappa shape index (κ3) is 5.21. The SMILES string of the molecule is C=CC(=O)N1CCN(c2nc(OCC3CCCN3C)nc3c(F)c(-c4nc(N)c(F)c5ccccc45)c(Cl)cc23)C(C)C1. The van der Waals surface area contributed by atoms with E-state index >= 15 is 4.39 Å². The second-order valence-electron chi connectivity index (χ2n) is 11.1. The van der Waals surface area contributed by atoms with E-state index in [1.54, 1.807) is 35.2 Å². The molecule has 224 valence electrons. The summed E-state index contributed by atoms with van der Waals surface area (Å²) in [5.41, 5.74) is 5.97. The van der Waals surface area contributed by atoms with Gasteiger partial charge >= 0.3 is 6.01 Å². The van der Waals surface area contributed by atoms with Gasteiger partial charge in [-0.2, -0.15) is 9.97 Å². The Labute approximate surface area is 252 Å². The quantitative estimate of drug-likeness (QED) is 0.304. The number of piperazine rings is 1. The smallest absolute Gasteiger partial charge is 0.319 e. The summed E-state index contributed by atoms with van der Waals surface area (Å²) in [5.74, 6) is -1.50. The fraction of sp³-hybridized carbons (Fsp3) is 0.355. The summed E-state index contributed by atoms with van der Waals surface area (Å²) in [6.45, 7) is 8.19. The summed E-state index contributed by atoms with van der Waals surface area (Å²) in [6, 6.07) is 8.24. The van der Waals surface area contributed by atoms with Crippen molar-refractivity contribution in [1.29, 1.82) is 0 Å². The molecule has 1 amide bonds. The Balaban J connectivity index is 1.51. The Morgan fingerprint density at radius 1 is 1.14 bits per heavy atom. The highest BCUT2D eigenvalue weighted by Gasteiger charge is 2.31. The molecule has 2 N–H and O–H groups in total. The first-order valence-corrected chi connectivity index (χ1v) is 14.6. The Kier molecular flexibility index (Phi) is 7.78. The maximum Gasteiger partial charge on any atom is 0.319 e. The number of hydrogen-bond acceptors (Lipinski definition) is 8. The van der Waals surface area contributed by atoms with Crippen LogP contribution in [0.1, 0.15) is 19.8 Å². The molecule has 4 heterocycles. The van der Waals surface area contributed by atoms with Crippen LogP contribution < -0.4 is 15.4 Å². The van der Waals surface area contributed by atoms with Crippen molar-refractivity contribution >= 4 is 50.8 Å². The number of nitrogen functional groups attached to an aromatic ring is 1. The summed E-state index contributed by atoms with van der Waals surface area (Å²) in [4.78, 5) is 31.7. The molecule has 0 aliphatic carbocycles. The van der Waals surface area contributed by atoms with Crippen molar-refractivity contribution in [1.82, 2.24) is 24.8 Å². The zero-order chi connectivity index (χ0) is 30.4. The lowest BCUT2D eigenvalue weighted by atomic mass is 10.0. The van der Waals surface area contributed by atoms with Gasteiger partial charge < -0.3 is 25.2 Å². The van der Waals surface area contributed by atoms with Gasteiger partial charge in [0.05, 0.1) is 16.3 Å². The van der Waals surface area contributed by atoms with Crippen LogP contribution in [-0.2, 0) is 4.79 Å². The number of fused-ring (bicyclic) bond motifs is 2. The minimum Gasteiger partial charge on any atom is -0.462 e. The van der Waals surface area contributed by atoms with Crippen LogP contribution in [0.25, 0.3) is 32.9 Å². The van der Waals surface area contributed by atoms with E-state index in [0.29, 0.717) is 42.8 Å². The molecule has 2 aliphatic rings. The van der Waals surface area contributed by atoms with Gasteiger partial charge in [0.2, 0.25) is 5.91 Å². The maximum atomic E-state index is 16.7. The number of halogens is 3. The number of anilines is 2. The summed E-state index contributed by atoms with van der Waals surface area (Å²) in [7, 11) is 2.04. The summed E-state index contributed by atoms with van der Waals surface area (Å²) < 4.78 is 37.7. The first kappa shape index (κ1) is 29.0. The highest BCUT2D eigenvalue weighted by atomic mass is 35.5. The monoisotopic (exact) mass is 607 g/mol. The fourth-order valence-corrected chi connectivity index (χ4v) is 6.34. The maximum absolute atomic E-state index is 16.7. The average Bonchev–Trinajstić information content (AvgIpc) is 3.42. The van der Waals surface area contributed by atoms with Crippen molar-refractivity contribution < 1.29 is 18.3 Å². The standard InChI is InChI=1S/C31H32ClF2N7O2/c1-4-23(42)40-12-13-41(17(2)15-40)30-21-14-22(32)24(27-20-10-6-5-9-19(20)25(33)29(35)36-27)26(34)28(21)37-31(38-30)43-16-18-8-7-11-39(18)3/h4-6,9-10,14,17-18H,1,7-8,11-13,15-16H2,2-3H3,(H2,35,36). The molecule has 2 atom stereocenters. The number of carbonyl (C=O) groups excluding carboxylic acids is 1. The van der Waals surface area contributed by atoms with Crippen LogP contribution in [0.2, 0.25) is 5.02 Å². The highest BCUT2D eigenvalue weighted by Crippen LogP contribution is 2.41. The van der Waals surface area contributed by atoms with Crippen molar-refractivity contribution in [3.63, 3.8) is 0 Å². The first-order chi connectivity index (χ1) is 20.7. The topological polar surface area (TPSA) is 101 Å². The summed E-state index contributed by atoms with van der Waals surface area (Å²) >= 11 is 6.78. The number of pyridine rings is 1. The van der Waals surface area contributed by atoms with Gasteiger partial charge in [-0.25, -0.2) is 13.8 Å². The molecule has 0 saturated carbocycles. The van der Waals surface area contributed by atoms with E-state index in [1.165, 1.54) is 6.08 Å². The molecule has 2 aromatic heterocycles. The minimum atomic E-state index is -0.745. The fourth-order valence-electron chi connectivity index (χ4n) is 6.06. The van der Waals surface area contributed by atoms with Gasteiger partial charge in [-0.1, -0.05) is 42.4 Å². The van der Waals surface area contributed by atoms with Gasteiger partial charge in [0.15, 0.2) is 17.5 Å². The third-order valence-electron chi connectivity index (χ3n) is 8.42. The molecule has 43 heavy (non-hydrogen) atoms. The Bertz CT molecular complexity index is 1750. The number of nitrogens with zero attached hydrogens (tertiary/aromatic N) is 6. The Morgan fingerprint density at radius 3 is 2.60 bits per heavy atom. The molecular weight excluding hydrogens is 576 g/mol. The lowest BCUT2D eigenvalue weighted by molar-refractivity contribution is -0.126. The van der Waals surface area contributed by atoms with Crippen LogP contribution in [0.15, 0.2) is 43.0 Å². The first-order valence-electron chi connectivity index (χ1n) is 14.2. The zero-order valence-corrected chi connectivity index (χ0v) is 24.7. The van der Waals surface area contributed by atoms with Gasteiger partial charge in [-0.05, 0) is 45.5 Å². The lowest BCUT2D eigenvalue weighted by Crippen LogP contribution is -2.53. The summed E-state index contributed by atoms with van der Waals surface area (Å²) in [5, 5.41) is 0.995. The number of aromatic nitrogens is 3. The van der Waals surface area contributed by atoms with Crippen LogP contribution in [0.5, 0.6) is 6.01 Å². The van der Waals surface area contributed by atoms with Crippen LogP contribution in [0.3, 0.4) is 0 Å². The molecule has 0 spiro atoms. The average molecular weight is 608 g/mol. The number of nitrogens with two attached hydrogens (primary N) is 1. The van der Waals surface area contributed by atoms with Crippen molar-refractivity contribution in [3.05, 3.63) is 59.6 Å². The van der Waals surface area contributed by atoms with Crippen LogP contribution in [-0.4, -0.2) is 82.6 Å². The van der Waals surface area contributed by atoms with Crippen LogP contribution in [0.4, 0.5) is 20.4 Å². The Hall–Kier alpha value is -4.09. The number of amides is 1. The molecule has 0 radical (unpaired) electrons. The Morgan fingerprint density at radius 2 is 1.91 bits per heavy atom. The molecule has 2 unspecified atom stereocenters. The van der Waals surface area contributed by atoms with Gasteiger partial charge in [0, 0.05) is 47.9 Å². The van der Waals surface area contributed by atoms with E-state index < -0.39 is 11.6 Å². The van der Waals surface area contributed by atoms with Crippen LogP contribution in [0, 0.1) is 11.6 Å². The number of benzene rings is 2. The van der Waals surface area contributed by atoms with E-state index in [-0.39, 0.29) is 57.0 Å². The number of likely N-dealkylation sites (N-methyl/N-ethyl adjacent to an activating group) is 1. The molecule has 2 fully saturated rings. The van der Waals surface area contributed by atoms with Gasteiger partial charge in [-0.3, -0.25) is 4.79 Å². The van der Waals surface area contributed by atoms with Crippen LogP contribution >= 0.6 is 11.6 Å². The van der Waals surface area contributed by atoms with Crippen molar-refractivity contribution in [2.45, 2.75) is 31.8 Å². The molecular formula is C31H32ClF2N7O2. The molecule has 6 rings (SSSR count). The lowest BCUT2D eigenvalue weighted by Gasteiger charge is -2.40. The van der Waals surface area contributed by atoms with Gasteiger partial charge in [-0.15, -0.1) is 0 Å². The normalized spacial score (nSPS) is 19.4. The second kappa shape index (κ2) is 11.5. The predicted molar refractivity (Wildman–Crippen MR) is 164 cm³/mol. The van der Waals surface area contributed by atoms with Gasteiger partial charge in [0.1, 0.15) is 17.9 Å². The van der Waals surface area contributed by atoms with E-state index in [0.717, 1.165) is 19.4 Å². The van der Waals surface area contributed by atoms with E-state index in [4.69, 9.17) is 27.1 Å². The van der Waals surface area contributed by atoms with Gasteiger partial charge in [0.25, 0.3) is 0 Å². The number of ether oxygens (including phenoxy) is 1. The number of rotatable bonds is 6. The minimum absolute atomic E-state index is 0.00949. The van der Waals surface area contributed by atoms with E-state index in [1.807, 2.05) is 18.9 Å². The third-order valence-corrected chi connectivity index (χ3v) is 8.72. The largest absolute Gasteiger partial charge is 0.462 e. The van der Waals surface area contributed by atoms with Crippen molar-refractivity contribution in [3.8, 4) is 17.3 Å². The molecule has 0 bridgehead atoms. The number of likely N-dealkylation sites (tertiary alicyclic amines) is 1.